The minimum absolute atomic E-state index is 0.202. The van der Waals surface area contributed by atoms with Crippen LogP contribution in [-0.2, 0) is 14.8 Å². The molecule has 9 heteroatoms. The molecule has 1 saturated carbocycles. The summed E-state index contributed by atoms with van der Waals surface area (Å²) in [4.78, 5) is 25.0. The zero-order chi connectivity index (χ0) is 25.0. The maximum absolute atomic E-state index is 12.9. The van der Waals surface area contributed by atoms with Gasteiger partial charge in [0.25, 0.3) is 21.8 Å². The Balaban J connectivity index is 1.35. The van der Waals surface area contributed by atoms with Crippen molar-refractivity contribution in [2.24, 2.45) is 0 Å². The number of nitrogens with zero attached hydrogens (tertiary/aromatic N) is 1. The molecule has 0 spiro atoms. The lowest BCUT2D eigenvalue weighted by molar-refractivity contribution is -0.118. The van der Waals surface area contributed by atoms with Crippen LogP contribution in [0.5, 0.6) is 5.75 Å². The lowest BCUT2D eigenvalue weighted by Gasteiger charge is -2.20. The van der Waals surface area contributed by atoms with Gasteiger partial charge in [-0.3, -0.25) is 13.9 Å². The van der Waals surface area contributed by atoms with E-state index >= 15 is 0 Å². The second-order valence-electron chi connectivity index (χ2n) is 8.41. The molecule has 0 bridgehead atoms. The van der Waals surface area contributed by atoms with Gasteiger partial charge in [-0.2, -0.15) is 0 Å². The van der Waals surface area contributed by atoms with Crippen LogP contribution < -0.4 is 19.7 Å². The van der Waals surface area contributed by atoms with Gasteiger partial charge < -0.3 is 15.4 Å². The highest BCUT2D eigenvalue weighted by Gasteiger charge is 2.25. The van der Waals surface area contributed by atoms with Crippen molar-refractivity contribution in [1.82, 2.24) is 5.32 Å². The summed E-state index contributed by atoms with van der Waals surface area (Å²) in [7, 11) is -2.22. The quantitative estimate of drug-likeness (QED) is 0.473. The molecule has 2 amide bonds. The fourth-order valence-electron chi connectivity index (χ4n) is 3.38. The van der Waals surface area contributed by atoms with E-state index in [0.717, 1.165) is 18.4 Å². The number of ether oxygens (including phenoxy) is 1. The second kappa shape index (κ2) is 10.2. The summed E-state index contributed by atoms with van der Waals surface area (Å²) in [5.74, 6) is -0.228. The molecule has 1 fully saturated rings. The molecular formula is C26H27N3O5S. The molecule has 3 aromatic carbocycles. The number of sulfonamides is 1. The Bertz CT molecular complexity index is 1320. The SMILES string of the molecule is Cc1ccc(S(=O)(=O)N(C)c2ccc(OCC(=O)Nc3ccccc3C(=O)NC3CC3)cc2)cc1. The lowest BCUT2D eigenvalue weighted by atomic mass is 10.1. The minimum atomic E-state index is -3.70. The maximum Gasteiger partial charge on any atom is 0.264 e. The van der Waals surface area contributed by atoms with E-state index in [4.69, 9.17) is 4.74 Å². The summed E-state index contributed by atoms with van der Waals surface area (Å²) < 4.78 is 32.5. The molecule has 0 saturated heterocycles. The Kier molecular flexibility index (Phi) is 7.07. The van der Waals surface area contributed by atoms with Gasteiger partial charge in [-0.1, -0.05) is 29.8 Å². The van der Waals surface area contributed by atoms with Crippen molar-refractivity contribution in [1.29, 1.82) is 0 Å². The van der Waals surface area contributed by atoms with Crippen LogP contribution in [0, 0.1) is 6.92 Å². The Hall–Kier alpha value is -3.85. The third kappa shape index (κ3) is 5.99. The number of anilines is 2. The number of rotatable bonds is 9. The molecule has 1 aliphatic rings. The highest BCUT2D eigenvalue weighted by molar-refractivity contribution is 7.92. The number of amides is 2. The van der Waals surface area contributed by atoms with Crippen molar-refractivity contribution in [2.45, 2.75) is 30.7 Å². The molecule has 0 heterocycles. The van der Waals surface area contributed by atoms with E-state index in [1.54, 1.807) is 72.8 Å². The van der Waals surface area contributed by atoms with Gasteiger partial charge in [-0.15, -0.1) is 0 Å². The Morgan fingerprint density at radius 2 is 1.63 bits per heavy atom. The van der Waals surface area contributed by atoms with E-state index in [9.17, 15) is 18.0 Å². The molecular weight excluding hydrogens is 466 g/mol. The largest absolute Gasteiger partial charge is 0.484 e. The predicted molar refractivity (Wildman–Crippen MR) is 134 cm³/mol. The second-order valence-corrected chi connectivity index (χ2v) is 10.4. The third-order valence-corrected chi connectivity index (χ3v) is 7.41. The van der Waals surface area contributed by atoms with Crippen molar-refractivity contribution in [3.05, 3.63) is 83.9 Å². The van der Waals surface area contributed by atoms with E-state index in [1.165, 1.54) is 11.4 Å². The van der Waals surface area contributed by atoms with Crippen LogP contribution in [0.1, 0.15) is 28.8 Å². The first kappa shape index (κ1) is 24.3. The first-order valence-corrected chi connectivity index (χ1v) is 12.7. The summed E-state index contributed by atoms with van der Waals surface area (Å²) in [6.45, 7) is 1.62. The van der Waals surface area contributed by atoms with Crippen molar-refractivity contribution in [2.75, 3.05) is 23.3 Å². The zero-order valence-corrected chi connectivity index (χ0v) is 20.3. The van der Waals surface area contributed by atoms with Crippen molar-refractivity contribution in [3.63, 3.8) is 0 Å². The van der Waals surface area contributed by atoms with Gasteiger partial charge in [0.05, 0.1) is 21.8 Å². The maximum atomic E-state index is 12.9. The third-order valence-electron chi connectivity index (χ3n) is 5.61. The molecule has 182 valence electrons. The average Bonchev–Trinajstić information content (AvgIpc) is 3.67. The van der Waals surface area contributed by atoms with Crippen LogP contribution in [0.25, 0.3) is 0 Å². The summed E-state index contributed by atoms with van der Waals surface area (Å²) >= 11 is 0. The Morgan fingerprint density at radius 3 is 2.29 bits per heavy atom. The molecule has 0 atom stereocenters. The highest BCUT2D eigenvalue weighted by Crippen LogP contribution is 2.25. The van der Waals surface area contributed by atoms with Crippen LogP contribution in [0.3, 0.4) is 0 Å². The molecule has 0 radical (unpaired) electrons. The zero-order valence-electron chi connectivity index (χ0n) is 19.5. The summed E-state index contributed by atoms with van der Waals surface area (Å²) in [5.41, 5.74) is 2.24. The van der Waals surface area contributed by atoms with Crippen LogP contribution in [-0.4, -0.2) is 39.9 Å². The standard InChI is InChI=1S/C26H27N3O5S/c1-18-7-15-22(16-8-18)35(32,33)29(2)20-11-13-21(14-12-20)34-17-25(30)28-24-6-4-3-5-23(24)26(31)27-19-9-10-19/h3-8,11-16,19H,9-10,17H2,1-2H3,(H,27,31)(H,28,30). The summed E-state index contributed by atoms with van der Waals surface area (Å²) in [6.07, 6.45) is 1.95. The summed E-state index contributed by atoms with van der Waals surface area (Å²) in [5, 5.41) is 5.63. The topological polar surface area (TPSA) is 105 Å². The number of carbonyl (C=O) groups is 2. The van der Waals surface area contributed by atoms with Crippen LogP contribution >= 0.6 is 0 Å². The van der Waals surface area contributed by atoms with Gasteiger partial charge >= 0.3 is 0 Å². The first-order chi connectivity index (χ1) is 16.7. The molecule has 0 aliphatic heterocycles. The monoisotopic (exact) mass is 493 g/mol. The van der Waals surface area contributed by atoms with Gasteiger partial charge in [-0.25, -0.2) is 8.42 Å². The number of hydrogen-bond acceptors (Lipinski definition) is 5. The van der Waals surface area contributed by atoms with Crippen LogP contribution in [0.4, 0.5) is 11.4 Å². The number of nitrogens with one attached hydrogen (secondary N) is 2. The first-order valence-electron chi connectivity index (χ1n) is 11.2. The van der Waals surface area contributed by atoms with Gasteiger partial charge in [0, 0.05) is 13.1 Å². The highest BCUT2D eigenvalue weighted by atomic mass is 32.2. The van der Waals surface area contributed by atoms with Crippen molar-refractivity contribution < 1.29 is 22.7 Å². The molecule has 4 rings (SSSR count). The van der Waals surface area contributed by atoms with E-state index in [1.807, 2.05) is 6.92 Å². The van der Waals surface area contributed by atoms with E-state index in [2.05, 4.69) is 10.6 Å². The fourth-order valence-corrected chi connectivity index (χ4v) is 4.57. The Morgan fingerprint density at radius 1 is 0.971 bits per heavy atom. The molecule has 0 aromatic heterocycles. The predicted octanol–water partition coefficient (Wildman–Crippen LogP) is 3.73. The molecule has 0 unspecified atom stereocenters. The van der Waals surface area contributed by atoms with Crippen molar-refractivity contribution >= 4 is 33.2 Å². The van der Waals surface area contributed by atoms with E-state index in [-0.39, 0.29) is 23.5 Å². The van der Waals surface area contributed by atoms with Crippen molar-refractivity contribution in [3.8, 4) is 5.75 Å². The minimum Gasteiger partial charge on any atom is -0.484 e. The van der Waals surface area contributed by atoms with Gasteiger partial charge in [0.1, 0.15) is 5.75 Å². The number of carbonyl (C=O) groups excluding carboxylic acids is 2. The van der Waals surface area contributed by atoms with E-state index in [0.29, 0.717) is 22.7 Å². The van der Waals surface area contributed by atoms with Gasteiger partial charge in [0.15, 0.2) is 6.61 Å². The van der Waals surface area contributed by atoms with Crippen LogP contribution in [0.15, 0.2) is 77.7 Å². The van der Waals surface area contributed by atoms with Gasteiger partial charge in [0.2, 0.25) is 0 Å². The average molecular weight is 494 g/mol. The number of para-hydroxylation sites is 1. The number of hydrogen-bond donors (Lipinski definition) is 2. The van der Waals surface area contributed by atoms with Crippen LogP contribution in [0.2, 0.25) is 0 Å². The fraction of sp³-hybridized carbons (Fsp3) is 0.231. The van der Waals surface area contributed by atoms with E-state index < -0.39 is 15.9 Å². The molecule has 3 aromatic rings. The summed E-state index contributed by atoms with van der Waals surface area (Å²) in [6, 6.07) is 20.1. The molecule has 35 heavy (non-hydrogen) atoms. The normalized spacial score (nSPS) is 13.1. The lowest BCUT2D eigenvalue weighted by Crippen LogP contribution is -2.28. The number of aryl methyl sites for hydroxylation is 1. The molecule has 2 N–H and O–H groups in total. The number of benzene rings is 3. The molecule has 8 nitrogen and oxygen atoms in total. The Labute approximate surface area is 205 Å². The van der Waals surface area contributed by atoms with Gasteiger partial charge in [-0.05, 0) is 68.3 Å². The molecule has 1 aliphatic carbocycles. The smallest absolute Gasteiger partial charge is 0.264 e.